The summed E-state index contributed by atoms with van der Waals surface area (Å²) >= 11 is 3.70. The van der Waals surface area contributed by atoms with Crippen LogP contribution in [0.15, 0.2) is 59.1 Å². The average Bonchev–Trinajstić information content (AvgIpc) is 2.97. The lowest BCUT2D eigenvalue weighted by molar-refractivity contribution is 1.27. The highest BCUT2D eigenvalue weighted by Gasteiger charge is 2.18. The monoisotopic (exact) mass is 334 g/mol. The van der Waals surface area contributed by atoms with Crippen molar-refractivity contribution in [1.82, 2.24) is 0 Å². The van der Waals surface area contributed by atoms with E-state index in [2.05, 4.69) is 83.5 Å². The van der Waals surface area contributed by atoms with Gasteiger partial charge in [0.05, 0.1) is 0 Å². The fourth-order valence-corrected chi connectivity index (χ4v) is 4.08. The Hall–Kier alpha value is -1.86. The number of hydrogen-bond acceptors (Lipinski definition) is 0. The number of aryl methyl sites for hydroxylation is 1. The topological polar surface area (TPSA) is 0 Å². The highest BCUT2D eigenvalue weighted by Crippen LogP contribution is 2.40. The molecule has 0 N–H and O–H groups in total. The molecule has 1 aliphatic carbocycles. The largest absolute Gasteiger partial charge is 0.0794 e. The number of hydrogen-bond donors (Lipinski definition) is 0. The molecule has 0 nitrogen and oxygen atoms in total. The predicted octanol–water partition coefficient (Wildman–Crippen LogP) is 6.15. The average molecular weight is 335 g/mol. The van der Waals surface area contributed by atoms with Crippen LogP contribution >= 0.6 is 15.9 Å². The molecule has 0 spiro atoms. The van der Waals surface area contributed by atoms with Gasteiger partial charge in [-0.3, -0.25) is 0 Å². The summed E-state index contributed by atoms with van der Waals surface area (Å²) in [4.78, 5) is 0. The Bertz CT molecular complexity index is 882. The van der Waals surface area contributed by atoms with E-state index < -0.39 is 0 Å². The first-order valence-corrected chi connectivity index (χ1v) is 8.01. The molecule has 1 heteroatoms. The molecule has 0 saturated carbocycles. The molecular formula is C20H15Br. The van der Waals surface area contributed by atoms with Crippen LogP contribution in [0.1, 0.15) is 16.7 Å². The zero-order valence-corrected chi connectivity index (χ0v) is 13.4. The van der Waals surface area contributed by atoms with Crippen molar-refractivity contribution in [2.24, 2.45) is 0 Å². The summed E-state index contributed by atoms with van der Waals surface area (Å²) < 4.78 is 1.20. The maximum atomic E-state index is 3.70. The Labute approximate surface area is 133 Å². The van der Waals surface area contributed by atoms with Crippen LogP contribution in [0.2, 0.25) is 0 Å². The summed E-state index contributed by atoms with van der Waals surface area (Å²) in [6, 6.07) is 17.5. The van der Waals surface area contributed by atoms with Gasteiger partial charge < -0.3 is 0 Å². The van der Waals surface area contributed by atoms with Crippen molar-refractivity contribution in [3.63, 3.8) is 0 Å². The molecule has 0 bridgehead atoms. The number of halogens is 1. The van der Waals surface area contributed by atoms with E-state index in [0.29, 0.717) is 0 Å². The zero-order chi connectivity index (χ0) is 14.4. The summed E-state index contributed by atoms with van der Waals surface area (Å²) in [6.07, 6.45) is 5.51. The first kappa shape index (κ1) is 12.8. The second kappa shape index (κ2) is 4.85. The van der Waals surface area contributed by atoms with Gasteiger partial charge in [-0.25, -0.2) is 0 Å². The minimum Gasteiger partial charge on any atom is -0.0794 e. The molecule has 0 radical (unpaired) electrons. The molecule has 0 amide bonds. The normalized spacial score (nSPS) is 12.9. The van der Waals surface area contributed by atoms with Gasteiger partial charge in [0.2, 0.25) is 0 Å². The first-order valence-electron chi connectivity index (χ1n) is 7.22. The third kappa shape index (κ3) is 1.96. The summed E-state index contributed by atoms with van der Waals surface area (Å²) in [7, 11) is 0. The van der Waals surface area contributed by atoms with Gasteiger partial charge in [-0.15, -0.1) is 0 Å². The molecule has 21 heavy (non-hydrogen) atoms. The lowest BCUT2D eigenvalue weighted by atomic mass is 9.89. The van der Waals surface area contributed by atoms with E-state index in [1.165, 1.54) is 43.1 Å². The molecule has 0 saturated heterocycles. The van der Waals surface area contributed by atoms with Gasteiger partial charge in [0.15, 0.2) is 0 Å². The molecule has 0 aliphatic heterocycles. The molecule has 3 aromatic rings. The van der Waals surface area contributed by atoms with Gasteiger partial charge in [-0.1, -0.05) is 70.5 Å². The lowest BCUT2D eigenvalue weighted by Gasteiger charge is -2.16. The molecule has 4 rings (SSSR count). The summed E-state index contributed by atoms with van der Waals surface area (Å²) in [5, 5.41) is 2.64. The highest BCUT2D eigenvalue weighted by molar-refractivity contribution is 9.10. The quantitative estimate of drug-likeness (QED) is 0.500. The molecule has 3 aromatic carbocycles. The SMILES string of the molecule is Cc1cc(Br)c2c(c1-c1cccc3ccccc13)CC=C2. The van der Waals surface area contributed by atoms with Gasteiger partial charge in [0.1, 0.15) is 0 Å². The highest BCUT2D eigenvalue weighted by atomic mass is 79.9. The minimum absolute atomic E-state index is 1.02. The lowest BCUT2D eigenvalue weighted by Crippen LogP contribution is -1.95. The third-order valence-electron chi connectivity index (χ3n) is 4.29. The fourth-order valence-electron chi connectivity index (χ4n) is 3.36. The first-order chi connectivity index (χ1) is 10.3. The number of benzene rings is 3. The Kier molecular flexibility index (Phi) is 2.97. The van der Waals surface area contributed by atoms with Crippen molar-refractivity contribution >= 4 is 32.8 Å². The van der Waals surface area contributed by atoms with Gasteiger partial charge in [0, 0.05) is 4.47 Å². The minimum atomic E-state index is 1.02. The molecule has 0 unspecified atom stereocenters. The van der Waals surface area contributed by atoms with Crippen LogP contribution in [0.4, 0.5) is 0 Å². The van der Waals surface area contributed by atoms with E-state index >= 15 is 0 Å². The molecule has 1 aliphatic rings. The van der Waals surface area contributed by atoms with Crippen LogP contribution < -0.4 is 0 Å². The Balaban J connectivity index is 2.09. The van der Waals surface area contributed by atoms with Crippen molar-refractivity contribution in [1.29, 1.82) is 0 Å². The molecular weight excluding hydrogens is 320 g/mol. The van der Waals surface area contributed by atoms with E-state index in [1.54, 1.807) is 0 Å². The Morgan fingerprint density at radius 3 is 2.71 bits per heavy atom. The second-order valence-corrected chi connectivity index (χ2v) is 6.43. The zero-order valence-electron chi connectivity index (χ0n) is 11.9. The maximum Gasteiger partial charge on any atom is 0.0253 e. The van der Waals surface area contributed by atoms with Crippen LogP contribution in [0.5, 0.6) is 0 Å². The van der Waals surface area contributed by atoms with Crippen molar-refractivity contribution < 1.29 is 0 Å². The van der Waals surface area contributed by atoms with Crippen molar-refractivity contribution in [3.8, 4) is 11.1 Å². The van der Waals surface area contributed by atoms with E-state index in [9.17, 15) is 0 Å². The number of rotatable bonds is 1. The Morgan fingerprint density at radius 2 is 1.81 bits per heavy atom. The van der Waals surface area contributed by atoms with E-state index in [4.69, 9.17) is 0 Å². The van der Waals surface area contributed by atoms with Gasteiger partial charge >= 0.3 is 0 Å². The van der Waals surface area contributed by atoms with Gasteiger partial charge in [-0.2, -0.15) is 0 Å². The standard InChI is InChI=1S/C20H15Br/c1-13-12-19(21)16-9-5-11-18(16)20(13)17-10-4-7-14-6-2-3-8-15(14)17/h2-10,12H,11H2,1H3. The third-order valence-corrected chi connectivity index (χ3v) is 4.94. The van der Waals surface area contributed by atoms with Crippen LogP contribution in [-0.4, -0.2) is 0 Å². The van der Waals surface area contributed by atoms with Crippen molar-refractivity contribution in [3.05, 3.63) is 75.8 Å². The number of allylic oxidation sites excluding steroid dienone is 1. The van der Waals surface area contributed by atoms with Gasteiger partial charge in [0.25, 0.3) is 0 Å². The summed E-state index contributed by atoms with van der Waals surface area (Å²) in [6.45, 7) is 2.21. The summed E-state index contributed by atoms with van der Waals surface area (Å²) in [5.41, 5.74) is 6.86. The van der Waals surface area contributed by atoms with Crippen molar-refractivity contribution in [2.45, 2.75) is 13.3 Å². The van der Waals surface area contributed by atoms with Crippen LogP contribution in [0.3, 0.4) is 0 Å². The van der Waals surface area contributed by atoms with E-state index in [-0.39, 0.29) is 0 Å². The van der Waals surface area contributed by atoms with Crippen LogP contribution in [-0.2, 0) is 6.42 Å². The molecule has 102 valence electrons. The molecule has 0 atom stereocenters. The second-order valence-electron chi connectivity index (χ2n) is 5.58. The molecule has 0 fully saturated rings. The van der Waals surface area contributed by atoms with Gasteiger partial charge in [-0.05, 0) is 58.0 Å². The van der Waals surface area contributed by atoms with Crippen molar-refractivity contribution in [2.75, 3.05) is 0 Å². The smallest absolute Gasteiger partial charge is 0.0253 e. The maximum absolute atomic E-state index is 3.70. The molecule has 0 heterocycles. The fraction of sp³-hybridized carbons (Fsp3) is 0.100. The number of fused-ring (bicyclic) bond motifs is 2. The molecule has 0 aromatic heterocycles. The van der Waals surface area contributed by atoms with E-state index in [1.807, 2.05) is 0 Å². The van der Waals surface area contributed by atoms with Crippen LogP contribution in [0, 0.1) is 6.92 Å². The van der Waals surface area contributed by atoms with Crippen LogP contribution in [0.25, 0.3) is 28.0 Å². The van der Waals surface area contributed by atoms with E-state index in [0.717, 1.165) is 6.42 Å². The summed E-state index contributed by atoms with van der Waals surface area (Å²) in [5.74, 6) is 0. The predicted molar refractivity (Wildman–Crippen MR) is 94.6 cm³/mol. The Morgan fingerprint density at radius 1 is 1.00 bits per heavy atom.